The van der Waals surface area contributed by atoms with Crippen LogP contribution in [0.5, 0.6) is 11.5 Å². The summed E-state index contributed by atoms with van der Waals surface area (Å²) < 4.78 is 25.8. The summed E-state index contributed by atoms with van der Waals surface area (Å²) >= 11 is 0. The number of aromatic nitrogens is 3. The number of carbonyl (C=O) groups excluding carboxylic acids is 1. The van der Waals surface area contributed by atoms with E-state index in [0.717, 1.165) is 5.56 Å². The third kappa shape index (κ3) is 3.65. The van der Waals surface area contributed by atoms with Gasteiger partial charge in [0.05, 0.1) is 24.5 Å². The fourth-order valence-corrected chi connectivity index (χ4v) is 2.80. The number of anilines is 1. The summed E-state index contributed by atoms with van der Waals surface area (Å²) in [4.78, 5) is 12.3. The van der Waals surface area contributed by atoms with Gasteiger partial charge in [-0.05, 0) is 42.3 Å². The summed E-state index contributed by atoms with van der Waals surface area (Å²) in [5.74, 6) is 0.0693. The highest BCUT2D eigenvalue weighted by atomic mass is 19.1. The van der Waals surface area contributed by atoms with E-state index < -0.39 is 17.8 Å². The van der Waals surface area contributed by atoms with Crippen molar-refractivity contribution in [2.75, 3.05) is 12.1 Å². The van der Waals surface area contributed by atoms with Crippen LogP contribution < -0.4 is 14.8 Å². The Kier molecular flexibility index (Phi) is 4.66. The van der Waals surface area contributed by atoms with Crippen LogP contribution in [-0.4, -0.2) is 32.8 Å². The molecule has 1 aliphatic rings. The Morgan fingerprint density at radius 3 is 2.93 bits per heavy atom. The lowest BCUT2D eigenvalue weighted by Gasteiger charge is -2.11. The van der Waals surface area contributed by atoms with E-state index in [1.165, 1.54) is 23.0 Å². The Balaban J connectivity index is 1.43. The van der Waals surface area contributed by atoms with Crippen molar-refractivity contribution in [2.24, 2.45) is 0 Å². The van der Waals surface area contributed by atoms with E-state index in [0.29, 0.717) is 17.1 Å². The number of carbonyl (C=O) groups is 1. The van der Waals surface area contributed by atoms with E-state index in [-0.39, 0.29) is 24.7 Å². The topological polar surface area (TPSA) is 98.5 Å². The van der Waals surface area contributed by atoms with Crippen LogP contribution in [0.1, 0.15) is 27.7 Å². The lowest BCUT2D eigenvalue weighted by Crippen LogP contribution is -2.13. The largest absolute Gasteiger partial charge is 0.454 e. The zero-order valence-corrected chi connectivity index (χ0v) is 14.9. The molecule has 3 aromatic rings. The highest BCUT2D eigenvalue weighted by molar-refractivity contribution is 6.02. The summed E-state index contributed by atoms with van der Waals surface area (Å²) in [6, 6.07) is 9.64. The van der Waals surface area contributed by atoms with E-state index >= 15 is 0 Å². The van der Waals surface area contributed by atoms with Crippen molar-refractivity contribution in [3.8, 4) is 11.5 Å². The molecular formula is C19H17FN4O4. The van der Waals surface area contributed by atoms with Gasteiger partial charge in [-0.25, -0.2) is 9.07 Å². The number of fused-ring (bicyclic) bond motifs is 1. The van der Waals surface area contributed by atoms with Crippen LogP contribution in [0.25, 0.3) is 0 Å². The average Bonchev–Trinajstić information content (AvgIpc) is 3.32. The van der Waals surface area contributed by atoms with Crippen LogP contribution in [0.15, 0.2) is 42.6 Å². The van der Waals surface area contributed by atoms with Gasteiger partial charge >= 0.3 is 0 Å². The predicted molar refractivity (Wildman–Crippen MR) is 96.6 cm³/mol. The van der Waals surface area contributed by atoms with Crippen LogP contribution >= 0.6 is 0 Å². The fraction of sp³-hybridized carbons (Fsp3) is 0.211. The highest BCUT2D eigenvalue weighted by Gasteiger charge is 2.18. The molecule has 8 nitrogen and oxygen atoms in total. The molecule has 2 heterocycles. The van der Waals surface area contributed by atoms with Gasteiger partial charge in [0, 0.05) is 0 Å². The molecule has 1 aromatic heterocycles. The summed E-state index contributed by atoms with van der Waals surface area (Å²) in [5.41, 5.74) is 1.44. The molecule has 1 amide bonds. The molecule has 144 valence electrons. The third-order valence-corrected chi connectivity index (χ3v) is 4.29. The molecule has 0 fully saturated rings. The first kappa shape index (κ1) is 17.9. The molecule has 0 spiro atoms. The second-order valence-electron chi connectivity index (χ2n) is 6.39. The van der Waals surface area contributed by atoms with Crippen molar-refractivity contribution in [1.82, 2.24) is 15.0 Å². The van der Waals surface area contributed by atoms with Gasteiger partial charge in [-0.1, -0.05) is 17.3 Å². The number of aliphatic hydroxyl groups is 1. The Morgan fingerprint density at radius 2 is 2.11 bits per heavy atom. The number of ether oxygens (including phenoxy) is 2. The third-order valence-electron chi connectivity index (χ3n) is 4.29. The normalized spacial score (nSPS) is 13.4. The number of nitrogens with zero attached hydrogens (tertiary/aromatic N) is 3. The number of amides is 1. The maximum Gasteiger partial charge on any atom is 0.277 e. The van der Waals surface area contributed by atoms with E-state index in [2.05, 4.69) is 15.6 Å². The lowest BCUT2D eigenvalue weighted by molar-refractivity contribution is 0.102. The molecule has 9 heteroatoms. The fourth-order valence-electron chi connectivity index (χ4n) is 2.80. The number of hydrogen-bond donors (Lipinski definition) is 2. The molecule has 28 heavy (non-hydrogen) atoms. The van der Waals surface area contributed by atoms with Crippen molar-refractivity contribution >= 4 is 11.6 Å². The van der Waals surface area contributed by atoms with Crippen LogP contribution in [0.3, 0.4) is 0 Å². The van der Waals surface area contributed by atoms with Gasteiger partial charge in [0.25, 0.3) is 5.91 Å². The molecule has 2 aromatic carbocycles. The minimum atomic E-state index is -0.887. The molecule has 4 rings (SSSR count). The maximum absolute atomic E-state index is 13.9. The molecule has 0 saturated carbocycles. The Labute approximate surface area is 159 Å². The molecule has 0 radical (unpaired) electrons. The number of halogens is 1. The molecular weight excluding hydrogens is 367 g/mol. The van der Waals surface area contributed by atoms with Crippen molar-refractivity contribution < 1.29 is 23.8 Å². The summed E-state index contributed by atoms with van der Waals surface area (Å²) in [5, 5.41) is 20.5. The molecule has 0 aliphatic carbocycles. The smallest absolute Gasteiger partial charge is 0.277 e. The number of benzene rings is 2. The van der Waals surface area contributed by atoms with Gasteiger partial charge in [0.15, 0.2) is 17.2 Å². The minimum absolute atomic E-state index is 0.0119. The van der Waals surface area contributed by atoms with Crippen LogP contribution in [0.4, 0.5) is 10.1 Å². The maximum atomic E-state index is 13.9. The SMILES string of the molecule is Cc1ccc(NC(=O)c2cn(CC(O)c3ccc4c(c3)OCO4)nn2)c(F)c1. The molecule has 2 N–H and O–H groups in total. The van der Waals surface area contributed by atoms with E-state index in [1.54, 1.807) is 31.2 Å². The zero-order chi connectivity index (χ0) is 19.7. The van der Waals surface area contributed by atoms with Gasteiger partial charge < -0.3 is 19.9 Å². The molecule has 1 aliphatic heterocycles. The highest BCUT2D eigenvalue weighted by Crippen LogP contribution is 2.34. The number of hydrogen-bond acceptors (Lipinski definition) is 6. The second kappa shape index (κ2) is 7.28. The zero-order valence-electron chi connectivity index (χ0n) is 14.9. The standard InChI is InChI=1S/C19H17FN4O4/c1-11-2-4-14(13(20)6-11)21-19(26)15-8-24(23-22-15)9-16(25)12-3-5-17-18(7-12)28-10-27-17/h2-8,16,25H,9-10H2,1H3,(H,21,26). The van der Waals surface area contributed by atoms with Crippen molar-refractivity contribution in [2.45, 2.75) is 19.6 Å². The second-order valence-corrected chi connectivity index (χ2v) is 6.39. The lowest BCUT2D eigenvalue weighted by atomic mass is 10.1. The van der Waals surface area contributed by atoms with Crippen molar-refractivity contribution in [1.29, 1.82) is 0 Å². The molecule has 1 unspecified atom stereocenters. The van der Waals surface area contributed by atoms with Crippen LogP contribution in [0, 0.1) is 12.7 Å². The molecule has 1 atom stereocenters. The monoisotopic (exact) mass is 384 g/mol. The molecule has 0 saturated heterocycles. The summed E-state index contributed by atoms with van der Waals surface area (Å²) in [6.45, 7) is 1.99. The number of aryl methyl sites for hydroxylation is 1. The summed E-state index contributed by atoms with van der Waals surface area (Å²) in [6.07, 6.45) is 0.499. The first-order valence-corrected chi connectivity index (χ1v) is 8.55. The van der Waals surface area contributed by atoms with Gasteiger partial charge in [0.2, 0.25) is 6.79 Å². The van der Waals surface area contributed by atoms with Gasteiger partial charge in [-0.15, -0.1) is 5.10 Å². The van der Waals surface area contributed by atoms with Gasteiger partial charge in [-0.2, -0.15) is 0 Å². The van der Waals surface area contributed by atoms with Crippen molar-refractivity contribution in [3.63, 3.8) is 0 Å². The van der Waals surface area contributed by atoms with Crippen LogP contribution in [-0.2, 0) is 6.54 Å². The van der Waals surface area contributed by atoms with E-state index in [9.17, 15) is 14.3 Å². The minimum Gasteiger partial charge on any atom is -0.454 e. The first-order chi connectivity index (χ1) is 13.5. The van der Waals surface area contributed by atoms with Gasteiger partial charge in [0.1, 0.15) is 5.82 Å². The quantitative estimate of drug-likeness (QED) is 0.701. The Hall–Kier alpha value is -3.46. The first-order valence-electron chi connectivity index (χ1n) is 8.55. The summed E-state index contributed by atoms with van der Waals surface area (Å²) in [7, 11) is 0. The van der Waals surface area contributed by atoms with E-state index in [1.807, 2.05) is 0 Å². The Bertz CT molecular complexity index is 1040. The number of rotatable bonds is 5. The Morgan fingerprint density at radius 1 is 1.29 bits per heavy atom. The number of nitrogens with one attached hydrogen (secondary N) is 1. The van der Waals surface area contributed by atoms with E-state index in [4.69, 9.17) is 9.47 Å². The molecule has 0 bridgehead atoms. The predicted octanol–water partition coefficient (Wildman–Crippen LogP) is 2.44. The van der Waals surface area contributed by atoms with Gasteiger partial charge in [-0.3, -0.25) is 4.79 Å². The average molecular weight is 384 g/mol. The van der Waals surface area contributed by atoms with Crippen molar-refractivity contribution in [3.05, 3.63) is 65.2 Å². The van der Waals surface area contributed by atoms with Crippen LogP contribution in [0.2, 0.25) is 0 Å². The number of aliphatic hydroxyl groups excluding tert-OH is 1.